The van der Waals surface area contributed by atoms with Crippen LogP contribution in [0.3, 0.4) is 0 Å². The number of hydrogen-bond donors (Lipinski definition) is 0. The Morgan fingerprint density at radius 3 is 1.39 bits per heavy atom. The van der Waals surface area contributed by atoms with Crippen molar-refractivity contribution in [2.45, 2.75) is 128 Å². The van der Waals surface area contributed by atoms with Crippen LogP contribution in [0.1, 0.15) is 99.2 Å². The van der Waals surface area contributed by atoms with Crippen molar-refractivity contribution < 1.29 is 23.8 Å². The Hall–Kier alpha value is -2.12. The van der Waals surface area contributed by atoms with Crippen LogP contribution < -0.4 is 4.74 Å². The maximum absolute atomic E-state index is 12.7. The van der Waals surface area contributed by atoms with E-state index < -0.39 is 11.9 Å². The standard InChI is InChI=1S/C29H44N2O5/c1-26(2)15-21-16-27(3,4)30(26)25(19-10-12-20(34-9)13-11-19)31-28(5,6)17-22(18-29(31,7)8)36-24(33)14-23(32)35-21/h10-13,21-22,25H,14-18H2,1-9H3. The fraction of sp³-hybridized carbons (Fsp3) is 0.724. The molecule has 7 heteroatoms. The number of carbonyl (C=O) groups excluding carboxylic acids is 2. The third-order valence-corrected chi connectivity index (χ3v) is 8.31. The van der Waals surface area contributed by atoms with Crippen molar-refractivity contribution in [2.75, 3.05) is 7.11 Å². The molecule has 0 saturated carbocycles. The van der Waals surface area contributed by atoms with Crippen LogP contribution in [0.25, 0.3) is 0 Å². The molecule has 0 amide bonds. The van der Waals surface area contributed by atoms with Gasteiger partial charge in [-0.05, 0) is 73.1 Å². The molecule has 1 aromatic carbocycles. The van der Waals surface area contributed by atoms with Gasteiger partial charge in [-0.25, -0.2) is 0 Å². The normalized spacial score (nSPS) is 34.9. The van der Waals surface area contributed by atoms with Gasteiger partial charge in [-0.1, -0.05) is 12.1 Å². The fourth-order valence-electron chi connectivity index (χ4n) is 7.66. The summed E-state index contributed by atoms with van der Waals surface area (Å²) in [5, 5.41) is 0. The third kappa shape index (κ3) is 5.01. The molecule has 6 aliphatic rings. The van der Waals surface area contributed by atoms with Gasteiger partial charge in [-0.3, -0.25) is 19.4 Å². The molecule has 0 aromatic heterocycles. The zero-order valence-corrected chi connectivity index (χ0v) is 23.5. The smallest absolute Gasteiger partial charge is 0.317 e. The van der Waals surface area contributed by atoms with Crippen LogP contribution in [0.4, 0.5) is 0 Å². The maximum atomic E-state index is 12.7. The lowest BCUT2D eigenvalue weighted by Gasteiger charge is -2.65. The molecule has 6 fully saturated rings. The van der Waals surface area contributed by atoms with E-state index in [0.29, 0.717) is 25.7 Å². The van der Waals surface area contributed by atoms with Gasteiger partial charge in [0.05, 0.1) is 13.3 Å². The second kappa shape index (κ2) is 9.02. The van der Waals surface area contributed by atoms with E-state index in [4.69, 9.17) is 14.2 Å². The second-order valence-corrected chi connectivity index (χ2v) is 13.4. The molecule has 200 valence electrons. The molecule has 1 aromatic rings. The van der Waals surface area contributed by atoms with Gasteiger partial charge in [-0.2, -0.15) is 0 Å². The van der Waals surface area contributed by atoms with Gasteiger partial charge < -0.3 is 14.2 Å². The number of carbonyl (C=O) groups is 2. The third-order valence-electron chi connectivity index (χ3n) is 8.31. The number of ether oxygens (including phenoxy) is 3. The molecule has 0 aliphatic carbocycles. The van der Waals surface area contributed by atoms with Gasteiger partial charge in [-0.15, -0.1) is 0 Å². The zero-order valence-electron chi connectivity index (χ0n) is 23.5. The topological polar surface area (TPSA) is 68.3 Å². The molecule has 6 saturated heterocycles. The van der Waals surface area contributed by atoms with E-state index in [2.05, 4.69) is 77.3 Å². The van der Waals surface area contributed by atoms with Gasteiger partial charge in [0.2, 0.25) is 0 Å². The Labute approximate surface area is 216 Å². The molecule has 6 aliphatic heterocycles. The molecule has 6 heterocycles. The van der Waals surface area contributed by atoms with E-state index in [1.807, 2.05) is 12.1 Å². The summed E-state index contributed by atoms with van der Waals surface area (Å²) >= 11 is 0. The molecule has 0 atom stereocenters. The SMILES string of the molecule is COc1ccc(C2N3C(C)(C)CC(CC3(C)C)OC(=O)CC(=O)OC3CC(C)(C)N2C(C)(C)C3)cc1. The van der Waals surface area contributed by atoms with Crippen LogP contribution in [0.15, 0.2) is 24.3 Å². The Kier molecular flexibility index (Phi) is 6.74. The van der Waals surface area contributed by atoms with Gasteiger partial charge in [0.15, 0.2) is 0 Å². The van der Waals surface area contributed by atoms with Crippen LogP contribution in [-0.4, -0.2) is 63.2 Å². The first-order valence-corrected chi connectivity index (χ1v) is 13.2. The van der Waals surface area contributed by atoms with Gasteiger partial charge in [0, 0.05) is 47.8 Å². The van der Waals surface area contributed by atoms with E-state index in [1.165, 1.54) is 5.56 Å². The number of methoxy groups -OCH3 is 1. The van der Waals surface area contributed by atoms with Crippen molar-refractivity contribution in [1.29, 1.82) is 0 Å². The van der Waals surface area contributed by atoms with Gasteiger partial charge in [0.25, 0.3) is 0 Å². The van der Waals surface area contributed by atoms with Crippen molar-refractivity contribution in [3.05, 3.63) is 29.8 Å². The number of piperidine rings is 2. The highest BCUT2D eigenvalue weighted by atomic mass is 16.6. The summed E-state index contributed by atoms with van der Waals surface area (Å²) in [6.07, 6.45) is 1.81. The second-order valence-electron chi connectivity index (χ2n) is 13.4. The van der Waals surface area contributed by atoms with E-state index in [-0.39, 0.29) is 47.0 Å². The Morgan fingerprint density at radius 2 is 1.06 bits per heavy atom. The molecule has 7 nitrogen and oxygen atoms in total. The van der Waals surface area contributed by atoms with Crippen LogP contribution in [0, 0.1) is 0 Å². The average molecular weight is 501 g/mol. The number of rotatable bonds is 2. The minimum absolute atomic E-state index is 0.0536. The minimum atomic E-state index is -0.496. The lowest BCUT2D eigenvalue weighted by atomic mass is 9.73. The maximum Gasteiger partial charge on any atom is 0.317 e. The van der Waals surface area contributed by atoms with E-state index in [1.54, 1.807) is 7.11 Å². The van der Waals surface area contributed by atoms with E-state index >= 15 is 0 Å². The minimum Gasteiger partial charge on any atom is -0.497 e. The predicted octanol–water partition coefficient (Wildman–Crippen LogP) is 5.23. The van der Waals surface area contributed by atoms with Crippen molar-refractivity contribution in [2.24, 2.45) is 0 Å². The highest BCUT2D eigenvalue weighted by Crippen LogP contribution is 2.53. The lowest BCUT2D eigenvalue weighted by Crippen LogP contribution is -2.71. The fourth-order valence-corrected chi connectivity index (χ4v) is 7.66. The lowest BCUT2D eigenvalue weighted by molar-refractivity contribution is -0.216. The predicted molar refractivity (Wildman–Crippen MR) is 139 cm³/mol. The van der Waals surface area contributed by atoms with Crippen molar-refractivity contribution >= 4 is 11.9 Å². The highest BCUT2D eigenvalue weighted by Gasteiger charge is 2.57. The van der Waals surface area contributed by atoms with E-state index in [0.717, 1.165) is 5.75 Å². The van der Waals surface area contributed by atoms with Gasteiger partial charge >= 0.3 is 11.9 Å². The number of esters is 2. The summed E-state index contributed by atoms with van der Waals surface area (Å²) < 4.78 is 17.2. The molecule has 7 rings (SSSR count). The largest absolute Gasteiger partial charge is 0.497 e. The molecule has 0 N–H and O–H groups in total. The molecule has 0 unspecified atom stereocenters. The van der Waals surface area contributed by atoms with Crippen molar-refractivity contribution in [3.63, 3.8) is 0 Å². The Balaban J connectivity index is 1.93. The van der Waals surface area contributed by atoms with E-state index in [9.17, 15) is 9.59 Å². The van der Waals surface area contributed by atoms with Crippen LogP contribution in [0.2, 0.25) is 0 Å². The average Bonchev–Trinajstić information content (AvgIpc) is 2.68. The molecule has 36 heavy (non-hydrogen) atoms. The molecular weight excluding hydrogens is 456 g/mol. The first-order chi connectivity index (χ1) is 16.6. The first-order valence-electron chi connectivity index (χ1n) is 13.2. The van der Waals surface area contributed by atoms with Crippen molar-refractivity contribution in [3.8, 4) is 5.75 Å². The summed E-state index contributed by atoms with van der Waals surface area (Å²) in [5.41, 5.74) is 0.0437. The van der Waals surface area contributed by atoms with Crippen LogP contribution >= 0.6 is 0 Å². The first kappa shape index (κ1) is 26.9. The number of nitrogens with zero attached hydrogens (tertiary/aromatic N) is 2. The zero-order chi connectivity index (χ0) is 26.7. The summed E-state index contributed by atoms with van der Waals surface area (Å²) in [4.78, 5) is 30.7. The number of hydrogen-bond acceptors (Lipinski definition) is 7. The Morgan fingerprint density at radius 1 is 0.694 bits per heavy atom. The molecule has 0 spiro atoms. The van der Waals surface area contributed by atoms with Crippen LogP contribution in [-0.2, 0) is 19.1 Å². The monoisotopic (exact) mass is 500 g/mol. The molecule has 4 bridgehead atoms. The summed E-state index contributed by atoms with van der Waals surface area (Å²) in [6.45, 7) is 18.0. The number of benzene rings is 1. The van der Waals surface area contributed by atoms with Crippen molar-refractivity contribution in [1.82, 2.24) is 9.80 Å². The quantitative estimate of drug-likeness (QED) is 0.407. The molecular formula is C29H44N2O5. The Bertz CT molecular complexity index is 905. The van der Waals surface area contributed by atoms with Crippen LogP contribution in [0.5, 0.6) is 5.75 Å². The summed E-state index contributed by atoms with van der Waals surface area (Å²) in [6, 6.07) is 8.40. The highest BCUT2D eigenvalue weighted by molar-refractivity contribution is 5.91. The van der Waals surface area contributed by atoms with Gasteiger partial charge in [0.1, 0.15) is 24.4 Å². The molecule has 0 radical (unpaired) electrons. The summed E-state index contributed by atoms with van der Waals surface area (Å²) in [7, 11) is 1.69. The summed E-state index contributed by atoms with van der Waals surface area (Å²) in [5.74, 6) is -0.164.